The number of aromatic nitrogens is 3. The van der Waals surface area contributed by atoms with Gasteiger partial charge in [0.15, 0.2) is 28.9 Å². The molecule has 788 valence electrons. The van der Waals surface area contributed by atoms with Crippen LogP contribution in [0.3, 0.4) is 0 Å². The number of carbonyl (C=O) groups is 18. The van der Waals surface area contributed by atoms with Gasteiger partial charge in [0.1, 0.15) is 56.3 Å². The quantitative estimate of drug-likeness (QED) is 0.0388. The van der Waals surface area contributed by atoms with E-state index in [1.807, 2.05) is 33.8 Å². The molecule has 148 heavy (non-hydrogen) atoms. The van der Waals surface area contributed by atoms with Crippen molar-refractivity contribution in [2.24, 2.45) is 35.5 Å². The number of nitrogens with zero attached hydrogens (tertiary/aromatic N) is 14. The van der Waals surface area contributed by atoms with Crippen LogP contribution in [0, 0.1) is 47.1 Å². The summed E-state index contributed by atoms with van der Waals surface area (Å²) in [6.45, 7) is 13.6. The highest BCUT2D eigenvalue weighted by molar-refractivity contribution is 6.16. The molecule has 18 amide bonds. The number of nitrogens with one attached hydrogen (secondary N) is 1. The molecule has 18 rings (SSSR count). The second-order valence-electron chi connectivity index (χ2n) is 41.5. The van der Waals surface area contributed by atoms with Crippen LogP contribution < -0.4 is 4.74 Å². The van der Waals surface area contributed by atoms with E-state index in [2.05, 4.69) is 21.9 Å². The Kier molecular flexibility index (Phi) is 35.2. The Balaban J connectivity index is 0.000000148. The normalized spacial score (nSPS) is 25.1. The molecule has 36 heteroatoms. The zero-order valence-corrected chi connectivity index (χ0v) is 87.1. The van der Waals surface area contributed by atoms with Gasteiger partial charge >= 0.3 is 36.2 Å². The van der Waals surface area contributed by atoms with Crippen molar-refractivity contribution in [2.45, 2.75) is 236 Å². The molecule has 11 fully saturated rings. The van der Waals surface area contributed by atoms with Crippen molar-refractivity contribution >= 4 is 106 Å². The van der Waals surface area contributed by atoms with Crippen molar-refractivity contribution in [3.05, 3.63) is 221 Å². The van der Waals surface area contributed by atoms with Gasteiger partial charge in [0.2, 0.25) is 5.78 Å². The first kappa shape index (κ1) is 111. The van der Waals surface area contributed by atoms with Crippen LogP contribution in [-0.2, 0) is 34.3 Å². The zero-order valence-electron chi connectivity index (χ0n) is 87.1. The van der Waals surface area contributed by atoms with Crippen LogP contribution >= 0.6 is 0 Å². The predicted octanol–water partition coefficient (Wildman–Crippen LogP) is 16.8. The number of imide groups is 6. The number of Topliss-reactive ketones (excluding diaryl/α,β-unsaturated/α-hetero) is 6. The number of pyridine rings is 2. The van der Waals surface area contributed by atoms with Gasteiger partial charge in [-0.05, 0) is 215 Å². The molecule has 3 aromatic heterocycles. The van der Waals surface area contributed by atoms with Gasteiger partial charge < -0.3 is 39.1 Å². The number of likely N-dealkylation sites (N-methyl/N-ethyl adjacent to an activating group) is 6. The number of carbonyl (C=O) groups excluding carboxylic acids is 18. The fourth-order valence-corrected chi connectivity index (χ4v) is 23.3. The largest absolute Gasteiger partial charge is 0.496 e. The van der Waals surface area contributed by atoms with E-state index in [0.717, 1.165) is 177 Å². The number of methoxy groups -OCH3 is 1. The number of amides is 18. The van der Waals surface area contributed by atoms with E-state index >= 15 is 0 Å². The molecule has 6 unspecified atom stereocenters. The fourth-order valence-electron chi connectivity index (χ4n) is 23.3. The van der Waals surface area contributed by atoms with Gasteiger partial charge in [-0.2, -0.15) is 0 Å². The van der Waals surface area contributed by atoms with Crippen LogP contribution in [-0.4, -0.2) is 296 Å². The molecule has 6 saturated heterocycles. The first-order valence-electron chi connectivity index (χ1n) is 51.4. The van der Waals surface area contributed by atoms with Gasteiger partial charge in [0.05, 0.1) is 57.6 Å². The molecular formula is C112H137F2N15O19. The van der Waals surface area contributed by atoms with E-state index in [4.69, 9.17) is 4.74 Å². The van der Waals surface area contributed by atoms with Crippen molar-refractivity contribution in [1.82, 2.24) is 73.8 Å². The molecule has 7 aromatic rings. The molecule has 0 spiro atoms. The Labute approximate surface area is 862 Å². The lowest BCUT2D eigenvalue weighted by atomic mass is 9.72. The Morgan fingerprint density at radius 2 is 0.750 bits per heavy atom. The summed E-state index contributed by atoms with van der Waals surface area (Å²) >= 11 is 0. The van der Waals surface area contributed by atoms with E-state index in [1.165, 1.54) is 81.9 Å². The molecule has 4 aromatic carbocycles. The number of hydrogen-bond acceptors (Lipinski definition) is 21. The monoisotopic (exact) mass is 2030 g/mol. The Bertz CT molecular complexity index is 6150. The van der Waals surface area contributed by atoms with Crippen LogP contribution in [0.5, 0.6) is 5.75 Å². The Hall–Kier alpha value is -14.2. The smallest absolute Gasteiger partial charge is 0.328 e. The summed E-state index contributed by atoms with van der Waals surface area (Å²) in [4.78, 5) is 255. The van der Waals surface area contributed by atoms with Crippen molar-refractivity contribution in [1.29, 1.82) is 0 Å². The topological polar surface area (TPSA) is 397 Å². The van der Waals surface area contributed by atoms with Crippen LogP contribution in [0.25, 0.3) is 0 Å². The van der Waals surface area contributed by atoms with Gasteiger partial charge in [-0.3, -0.25) is 96.9 Å². The number of hydrogen-bond donors (Lipinski definition) is 1. The van der Waals surface area contributed by atoms with Gasteiger partial charge in [-0.15, -0.1) is 0 Å². The van der Waals surface area contributed by atoms with E-state index in [-0.39, 0.29) is 144 Å². The molecular weight excluding hydrogens is 1900 g/mol. The van der Waals surface area contributed by atoms with Crippen molar-refractivity contribution in [2.75, 3.05) is 88.2 Å². The Morgan fingerprint density at radius 1 is 0.365 bits per heavy atom. The average Bonchev–Trinajstić information content (AvgIpc) is 1.57. The molecule has 6 aliphatic heterocycles. The lowest BCUT2D eigenvalue weighted by molar-refractivity contribution is -0.135. The molecule has 34 nitrogen and oxygen atoms in total. The Morgan fingerprint density at radius 3 is 1.20 bits per heavy atom. The highest BCUT2D eigenvalue weighted by atomic mass is 19.1. The van der Waals surface area contributed by atoms with Crippen molar-refractivity contribution < 1.29 is 99.8 Å². The summed E-state index contributed by atoms with van der Waals surface area (Å²) in [5, 5.41) is 0. The van der Waals surface area contributed by atoms with Gasteiger partial charge in [0, 0.05) is 88.8 Å². The summed E-state index contributed by atoms with van der Waals surface area (Å²) in [5.74, 6) is -3.29. The minimum absolute atomic E-state index is 0.0938. The van der Waals surface area contributed by atoms with Crippen molar-refractivity contribution in [3.63, 3.8) is 0 Å². The number of ketones is 6. The highest BCUT2D eigenvalue weighted by Gasteiger charge is 2.63. The zero-order chi connectivity index (χ0) is 107. The summed E-state index contributed by atoms with van der Waals surface area (Å²) in [5.41, 5.74) is -3.37. The maximum atomic E-state index is 13.8. The molecule has 5 saturated carbocycles. The summed E-state index contributed by atoms with van der Waals surface area (Å²) in [6, 6.07) is 35.8. The maximum absolute atomic E-state index is 13.8. The number of ether oxygens (including phenoxy) is 1. The SMILES string of the molecule is CC1CCC(C2(C)C(=O)N(CC(=O)c3ccccc3)C(=O)N2C)CC1.CCN1C(=O)N(CC(=O)c2cccnc2)C(=O)C1(C)C1CCCC1.CN1C(=O)N(CC(=O)c2cccc(F)c2)C(=O)C1(C)C1CCCCC1.CN1C(=O)N(CC(=O)c2ccccc2F)C(=O)C1(C)C1CCCCC1.CN1C(=O)N(CC(=O)c2ccccn2)C(=O)C1(C)C1CCCCC1.COc1ccccc1C1(C)C(=O)N(CC(=O)c2ccc[nH]2)C(=O)N1C. The lowest BCUT2D eigenvalue weighted by Gasteiger charge is -2.40. The standard InChI is InChI=1S/C20H26N2O3.2C19H23FN2O3.C18H19N3O4.2C18H23N3O3/c1-14-9-11-16(12-10-14)20(2)18(24)22(19(25)21(20)3)13-17(23)15-7-5-4-6-8-15;1-19(14-8-4-3-5-9-14)17(24)22(18(25)21(19)2)12-16(23)13-7-6-10-15(20)11-13;1-19(13-8-4-3-5-9-13)17(24)22(18(25)21(19)2)12-16(23)14-10-6-7-11-15(14)20;1-18(12-7-4-5-9-15(12)25-3)16(23)21(17(24)20(18)2)11-14(22)13-8-6-10-19-13;1-18(13-8-4-3-5-9-13)16(23)21(17(24)20(18)2)12-15(22)14-10-6-7-11-19-14;1-3-21-17(24)20(12-15(22)13-7-6-10-19-11-13)16(23)18(21,2)14-8-4-5-9-14/h4-8,14,16H,9-13H2,1-3H3;6-7,10-11,14H,3-5,8-9,12H2,1-2H3;6-7,10-11,13H,3-5,8-9,12H2,1-2H3;4-10,19H,11H2,1-3H3;6-7,10-11,13H,3-5,8-9,12H2,1-2H3;6-7,10-11,14H,3-5,8-9,12H2,1-2H3. The third kappa shape index (κ3) is 21.8. The molecule has 1 N–H and O–H groups in total. The number of rotatable bonds is 26. The molecule has 9 heterocycles. The lowest BCUT2D eigenvalue weighted by Crippen LogP contribution is -2.52. The van der Waals surface area contributed by atoms with Crippen LogP contribution in [0.2, 0.25) is 0 Å². The molecule has 5 aliphatic carbocycles. The number of para-hydroxylation sites is 1. The van der Waals surface area contributed by atoms with E-state index < -0.39 is 93.0 Å². The van der Waals surface area contributed by atoms with Gasteiger partial charge in [-0.25, -0.2) is 37.5 Å². The first-order valence-corrected chi connectivity index (χ1v) is 51.4. The predicted molar refractivity (Wildman–Crippen MR) is 544 cm³/mol. The minimum atomic E-state index is -1.24. The van der Waals surface area contributed by atoms with Gasteiger partial charge in [0.25, 0.3) is 35.4 Å². The van der Waals surface area contributed by atoms with Crippen molar-refractivity contribution in [3.8, 4) is 5.75 Å². The second kappa shape index (κ2) is 46.9. The third-order valence-corrected chi connectivity index (χ3v) is 33.3. The minimum Gasteiger partial charge on any atom is -0.496 e. The van der Waals surface area contributed by atoms with E-state index in [1.54, 1.807) is 175 Å². The van der Waals surface area contributed by atoms with E-state index in [0.29, 0.717) is 40.6 Å². The molecule has 6 atom stereocenters. The maximum Gasteiger partial charge on any atom is 0.328 e. The first-order chi connectivity index (χ1) is 70.4. The van der Waals surface area contributed by atoms with Crippen LogP contribution in [0.4, 0.5) is 37.5 Å². The highest BCUT2D eigenvalue weighted by Crippen LogP contribution is 2.49. The molecule has 0 radical (unpaired) electrons. The summed E-state index contributed by atoms with van der Waals surface area (Å²) in [7, 11) is 9.65. The number of benzene rings is 4. The van der Waals surface area contributed by atoms with Crippen LogP contribution in [0.15, 0.2) is 170 Å². The molecule has 11 aliphatic rings. The number of halogens is 2. The summed E-state index contributed by atoms with van der Waals surface area (Å²) in [6.07, 6.45) is 29.7. The average molecular weight is 2040 g/mol. The fraction of sp³-hybridized carbons (Fsp3) is 0.500. The number of H-pyrrole nitrogens is 1. The van der Waals surface area contributed by atoms with E-state index in [9.17, 15) is 95.1 Å². The summed E-state index contributed by atoms with van der Waals surface area (Å²) < 4.78 is 32.5. The van der Waals surface area contributed by atoms with Gasteiger partial charge in [-0.1, -0.05) is 169 Å². The number of urea groups is 6. The molecule has 0 bridgehead atoms. The number of aromatic amines is 1. The second-order valence-corrected chi connectivity index (χ2v) is 41.5. The third-order valence-electron chi connectivity index (χ3n) is 33.3. The van der Waals surface area contributed by atoms with Crippen LogP contribution in [0.1, 0.15) is 271 Å².